The van der Waals surface area contributed by atoms with Crippen molar-refractivity contribution in [3.63, 3.8) is 0 Å². The van der Waals surface area contributed by atoms with Crippen LogP contribution in [-0.4, -0.2) is 5.78 Å². The first kappa shape index (κ1) is 16.1. The maximum atomic E-state index is 12.8. The van der Waals surface area contributed by atoms with E-state index in [0.29, 0.717) is 29.9 Å². The summed E-state index contributed by atoms with van der Waals surface area (Å²) in [6.45, 7) is 5.93. The maximum Gasteiger partial charge on any atom is 0.205 e. The molecule has 2 N–H and O–H groups in total. The number of nitrogens with zero attached hydrogens (tertiary/aromatic N) is 1. The fraction of sp³-hybridized carbons (Fsp3) is 0.368. The van der Waals surface area contributed by atoms with Gasteiger partial charge in [-0.1, -0.05) is 19.4 Å². The number of ether oxygens (including phenoxy) is 1. The molecule has 0 aromatic carbocycles. The van der Waals surface area contributed by atoms with Crippen LogP contribution in [0.3, 0.4) is 0 Å². The van der Waals surface area contributed by atoms with Gasteiger partial charge in [0, 0.05) is 18.4 Å². The van der Waals surface area contributed by atoms with Crippen molar-refractivity contribution in [2.45, 2.75) is 33.6 Å². The SMILES string of the molecule is C/C(=C/c1ccco1)[C@@H]1C(C#N)=C(N)OC2=C1C(=O)CC(C)(C)C2. The second kappa shape index (κ2) is 5.72. The van der Waals surface area contributed by atoms with Gasteiger partial charge in [0.05, 0.1) is 12.2 Å². The largest absolute Gasteiger partial charge is 0.465 e. The Morgan fingerprint density at radius 3 is 2.83 bits per heavy atom. The summed E-state index contributed by atoms with van der Waals surface area (Å²) in [7, 11) is 0. The molecule has 1 atom stereocenters. The van der Waals surface area contributed by atoms with Crippen LogP contribution >= 0.6 is 0 Å². The van der Waals surface area contributed by atoms with Crippen LogP contribution in [0.2, 0.25) is 0 Å². The van der Waals surface area contributed by atoms with Crippen molar-refractivity contribution in [2.24, 2.45) is 17.1 Å². The average molecular weight is 324 g/mol. The summed E-state index contributed by atoms with van der Waals surface area (Å²) in [4.78, 5) is 12.8. The first-order valence-corrected chi connectivity index (χ1v) is 7.88. The number of hydrogen-bond acceptors (Lipinski definition) is 5. The quantitative estimate of drug-likeness (QED) is 0.896. The fourth-order valence-electron chi connectivity index (χ4n) is 3.42. The summed E-state index contributed by atoms with van der Waals surface area (Å²) < 4.78 is 11.0. The molecule has 5 heteroatoms. The molecule has 0 amide bonds. The van der Waals surface area contributed by atoms with Crippen LogP contribution in [0.1, 0.15) is 39.4 Å². The van der Waals surface area contributed by atoms with Crippen molar-refractivity contribution in [3.05, 3.63) is 52.5 Å². The Labute approximate surface area is 141 Å². The van der Waals surface area contributed by atoms with Crippen LogP contribution in [0.5, 0.6) is 0 Å². The number of nitriles is 1. The molecule has 0 saturated carbocycles. The first-order chi connectivity index (χ1) is 11.3. The minimum Gasteiger partial charge on any atom is -0.465 e. The maximum absolute atomic E-state index is 12.8. The summed E-state index contributed by atoms with van der Waals surface area (Å²) in [6.07, 6.45) is 4.46. The molecule has 0 saturated heterocycles. The van der Waals surface area contributed by atoms with E-state index in [0.717, 1.165) is 5.57 Å². The summed E-state index contributed by atoms with van der Waals surface area (Å²) >= 11 is 0. The van der Waals surface area contributed by atoms with E-state index in [1.807, 2.05) is 32.9 Å². The molecular formula is C19H20N2O3. The number of allylic oxidation sites excluding steroid dienone is 4. The first-order valence-electron chi connectivity index (χ1n) is 7.88. The molecule has 1 aliphatic carbocycles. The Bertz CT molecular complexity index is 817. The number of carbonyl (C=O) groups is 1. The van der Waals surface area contributed by atoms with Crippen LogP contribution in [0.15, 0.2) is 51.2 Å². The molecule has 124 valence electrons. The van der Waals surface area contributed by atoms with Gasteiger partial charge in [-0.15, -0.1) is 0 Å². The van der Waals surface area contributed by atoms with Crippen molar-refractivity contribution < 1.29 is 13.9 Å². The average Bonchev–Trinajstić information content (AvgIpc) is 2.97. The van der Waals surface area contributed by atoms with Gasteiger partial charge < -0.3 is 14.9 Å². The van der Waals surface area contributed by atoms with Crippen molar-refractivity contribution in [1.82, 2.24) is 0 Å². The number of Topliss-reactive ketones (excluding diaryl/α,β-unsaturated/α-hetero) is 1. The van der Waals surface area contributed by atoms with Gasteiger partial charge in [0.15, 0.2) is 5.78 Å². The molecule has 5 nitrogen and oxygen atoms in total. The van der Waals surface area contributed by atoms with Crippen LogP contribution < -0.4 is 5.73 Å². The molecule has 24 heavy (non-hydrogen) atoms. The lowest BCUT2D eigenvalue weighted by Gasteiger charge is -2.37. The predicted octanol–water partition coefficient (Wildman–Crippen LogP) is 3.67. The van der Waals surface area contributed by atoms with Crippen molar-refractivity contribution in [3.8, 4) is 6.07 Å². The predicted molar refractivity (Wildman–Crippen MR) is 88.8 cm³/mol. The van der Waals surface area contributed by atoms with Crippen molar-refractivity contribution >= 4 is 11.9 Å². The third kappa shape index (κ3) is 2.76. The van der Waals surface area contributed by atoms with Crippen LogP contribution in [-0.2, 0) is 9.53 Å². The normalized spacial score (nSPS) is 23.7. The molecule has 2 aliphatic rings. The van der Waals surface area contributed by atoms with Gasteiger partial charge in [-0.3, -0.25) is 4.79 Å². The van der Waals surface area contributed by atoms with Crippen LogP contribution in [0, 0.1) is 22.7 Å². The van der Waals surface area contributed by atoms with Crippen molar-refractivity contribution in [2.75, 3.05) is 0 Å². The Morgan fingerprint density at radius 1 is 1.46 bits per heavy atom. The van der Waals surface area contributed by atoms with E-state index in [1.54, 1.807) is 12.3 Å². The number of nitrogens with two attached hydrogens (primary N) is 1. The van der Waals surface area contributed by atoms with Gasteiger partial charge in [0.2, 0.25) is 5.88 Å². The molecular weight excluding hydrogens is 304 g/mol. The van der Waals surface area contributed by atoms with E-state index in [4.69, 9.17) is 14.9 Å². The minimum atomic E-state index is -0.479. The molecule has 0 unspecified atom stereocenters. The Kier molecular flexibility index (Phi) is 3.84. The molecule has 1 aromatic heterocycles. The Hall–Kier alpha value is -2.74. The monoisotopic (exact) mass is 324 g/mol. The van der Waals surface area contributed by atoms with Gasteiger partial charge in [-0.05, 0) is 30.5 Å². The molecule has 1 aromatic rings. The highest BCUT2D eigenvalue weighted by Gasteiger charge is 2.42. The van der Waals surface area contributed by atoms with Gasteiger partial charge in [0.1, 0.15) is 23.2 Å². The highest BCUT2D eigenvalue weighted by molar-refractivity contribution is 5.99. The molecule has 0 bridgehead atoms. The lowest BCUT2D eigenvalue weighted by atomic mass is 9.70. The van der Waals surface area contributed by atoms with E-state index in [9.17, 15) is 10.1 Å². The number of ketones is 1. The lowest BCUT2D eigenvalue weighted by Crippen LogP contribution is -2.34. The third-order valence-corrected chi connectivity index (χ3v) is 4.44. The minimum absolute atomic E-state index is 0.0127. The molecule has 3 rings (SSSR count). The zero-order valence-corrected chi connectivity index (χ0v) is 14.1. The summed E-state index contributed by atoms with van der Waals surface area (Å²) in [5.74, 6) is 0.871. The second-order valence-corrected chi connectivity index (χ2v) is 7.11. The van der Waals surface area contributed by atoms with Gasteiger partial charge >= 0.3 is 0 Å². The molecule has 2 heterocycles. The van der Waals surface area contributed by atoms with E-state index in [1.165, 1.54) is 0 Å². The van der Waals surface area contributed by atoms with E-state index >= 15 is 0 Å². The van der Waals surface area contributed by atoms with E-state index in [2.05, 4.69) is 6.07 Å². The summed E-state index contributed by atoms with van der Waals surface area (Å²) in [6, 6.07) is 5.72. The van der Waals surface area contributed by atoms with E-state index < -0.39 is 5.92 Å². The zero-order valence-electron chi connectivity index (χ0n) is 14.1. The van der Waals surface area contributed by atoms with Gasteiger partial charge in [-0.2, -0.15) is 5.26 Å². The topological polar surface area (TPSA) is 89.2 Å². The molecule has 0 fully saturated rings. The van der Waals surface area contributed by atoms with Crippen LogP contribution in [0.25, 0.3) is 6.08 Å². The lowest BCUT2D eigenvalue weighted by molar-refractivity contribution is -0.119. The standard InChI is InChI=1S/C19H20N2O3/c1-11(7-12-5-4-6-23-12)16-13(10-20)18(21)24-15-9-19(2,3)8-14(22)17(15)16/h4-7,16H,8-9,21H2,1-3H3/b11-7-/t16-/m1/s1. The van der Waals surface area contributed by atoms with Gasteiger partial charge in [-0.25, -0.2) is 0 Å². The third-order valence-electron chi connectivity index (χ3n) is 4.44. The molecule has 1 aliphatic heterocycles. The summed E-state index contributed by atoms with van der Waals surface area (Å²) in [5.41, 5.74) is 7.46. The number of furan rings is 1. The summed E-state index contributed by atoms with van der Waals surface area (Å²) in [5, 5.41) is 9.53. The van der Waals surface area contributed by atoms with E-state index in [-0.39, 0.29) is 22.7 Å². The highest BCUT2D eigenvalue weighted by Crippen LogP contribution is 2.46. The number of hydrogen-bond donors (Lipinski definition) is 1. The van der Waals surface area contributed by atoms with Crippen molar-refractivity contribution in [1.29, 1.82) is 5.26 Å². The second-order valence-electron chi connectivity index (χ2n) is 7.11. The zero-order chi connectivity index (χ0) is 17.5. The Balaban J connectivity index is 2.12. The van der Waals surface area contributed by atoms with Gasteiger partial charge in [0.25, 0.3) is 0 Å². The fourth-order valence-corrected chi connectivity index (χ4v) is 3.42. The smallest absolute Gasteiger partial charge is 0.205 e. The number of carbonyl (C=O) groups excluding carboxylic acids is 1. The molecule has 0 radical (unpaired) electrons. The highest BCUT2D eigenvalue weighted by atomic mass is 16.5. The molecule has 0 spiro atoms. The number of rotatable bonds is 2. The van der Waals surface area contributed by atoms with Crippen LogP contribution in [0.4, 0.5) is 0 Å². The Morgan fingerprint density at radius 2 is 2.21 bits per heavy atom.